The Kier molecular flexibility index (Phi) is 5.36. The van der Waals surface area contributed by atoms with Crippen molar-refractivity contribution in [3.8, 4) is 0 Å². The number of carbonyl (C=O) groups is 1. The number of aliphatic hydroxyl groups is 2. The molecule has 0 saturated heterocycles. The van der Waals surface area contributed by atoms with Crippen molar-refractivity contribution in [2.24, 2.45) is 11.7 Å². The van der Waals surface area contributed by atoms with E-state index in [9.17, 15) is 24.2 Å². The van der Waals surface area contributed by atoms with Crippen LogP contribution in [0.5, 0.6) is 0 Å². The number of carbonyl (C=O) groups excluding carboxylic acids is 1. The highest BCUT2D eigenvalue weighted by Gasteiger charge is 2.27. The predicted molar refractivity (Wildman–Crippen MR) is 108 cm³/mol. The monoisotopic (exact) mass is 411 g/mol. The van der Waals surface area contributed by atoms with Gasteiger partial charge in [0.1, 0.15) is 11.4 Å². The smallest absolute Gasteiger partial charge is 0.264 e. The summed E-state index contributed by atoms with van der Waals surface area (Å²) in [4.78, 5) is 29.6. The highest BCUT2D eigenvalue weighted by molar-refractivity contribution is 5.98. The van der Waals surface area contributed by atoms with Gasteiger partial charge in [-0.2, -0.15) is 0 Å². The van der Waals surface area contributed by atoms with Crippen LogP contribution in [0.25, 0.3) is 11.0 Å². The molecule has 0 radical (unpaired) electrons. The molecule has 1 aliphatic carbocycles. The molecule has 2 heterocycles. The summed E-state index contributed by atoms with van der Waals surface area (Å²) in [5.41, 5.74) is 7.36. The number of pyridine rings is 2. The molecule has 8 heteroatoms. The molecule has 0 bridgehead atoms. The average molecular weight is 411 g/mol. The Morgan fingerprint density at radius 2 is 1.93 bits per heavy atom. The summed E-state index contributed by atoms with van der Waals surface area (Å²) in [5.74, 6) is -0.888. The normalized spacial score (nSPS) is 13.9. The molecule has 1 aromatic carbocycles. The SMILES string of the molecule is NC(=O)c1c(CC(O)O)c2ncc(Cc3ccc(F)cc3)cc2n(CC2CC2)c1=O. The molecular weight excluding hydrogens is 389 g/mol. The number of primary amides is 1. The molecule has 156 valence electrons. The summed E-state index contributed by atoms with van der Waals surface area (Å²) in [6.45, 7) is 0.444. The van der Waals surface area contributed by atoms with E-state index in [4.69, 9.17) is 5.73 Å². The number of hydrogen-bond acceptors (Lipinski definition) is 5. The molecule has 30 heavy (non-hydrogen) atoms. The molecule has 7 nitrogen and oxygen atoms in total. The molecule has 1 fully saturated rings. The zero-order valence-electron chi connectivity index (χ0n) is 16.2. The fraction of sp³-hybridized carbons (Fsp3) is 0.318. The number of benzene rings is 1. The van der Waals surface area contributed by atoms with E-state index in [0.717, 1.165) is 24.0 Å². The van der Waals surface area contributed by atoms with Crippen LogP contribution in [0.3, 0.4) is 0 Å². The van der Waals surface area contributed by atoms with E-state index in [1.807, 2.05) is 6.07 Å². The summed E-state index contributed by atoms with van der Waals surface area (Å²) in [7, 11) is 0. The standard InChI is InChI=1S/C22H22FN3O4/c23-15-5-3-12(4-6-15)7-14-8-17-20(25-10-14)16(9-18(27)28)19(21(24)29)22(30)26(17)11-13-1-2-13/h3-6,8,10,13,18,27-28H,1-2,7,9,11H2,(H2,24,29). The number of nitrogens with two attached hydrogens (primary N) is 1. The molecule has 0 spiro atoms. The molecule has 0 unspecified atom stereocenters. The number of aromatic nitrogens is 2. The number of rotatable bonds is 7. The Labute approximate surface area is 171 Å². The summed E-state index contributed by atoms with van der Waals surface area (Å²) < 4.78 is 14.7. The van der Waals surface area contributed by atoms with Gasteiger partial charge in [0.25, 0.3) is 11.5 Å². The van der Waals surface area contributed by atoms with Crippen molar-refractivity contribution in [2.45, 2.75) is 38.5 Å². The van der Waals surface area contributed by atoms with Crippen LogP contribution in [0.15, 0.2) is 41.3 Å². The van der Waals surface area contributed by atoms with Gasteiger partial charge in [-0.25, -0.2) is 4.39 Å². The van der Waals surface area contributed by atoms with E-state index in [2.05, 4.69) is 4.98 Å². The van der Waals surface area contributed by atoms with Crippen LogP contribution in [0, 0.1) is 11.7 Å². The first-order valence-electron chi connectivity index (χ1n) is 9.78. The minimum Gasteiger partial charge on any atom is -0.368 e. The highest BCUT2D eigenvalue weighted by Crippen LogP contribution is 2.32. The maximum absolute atomic E-state index is 13.2. The Balaban J connectivity index is 1.89. The van der Waals surface area contributed by atoms with E-state index in [-0.39, 0.29) is 23.4 Å². The van der Waals surface area contributed by atoms with Gasteiger partial charge in [0.05, 0.1) is 11.0 Å². The van der Waals surface area contributed by atoms with Crippen LogP contribution in [0.4, 0.5) is 4.39 Å². The molecule has 1 aliphatic rings. The van der Waals surface area contributed by atoms with Crippen molar-refractivity contribution in [1.82, 2.24) is 9.55 Å². The molecule has 2 aromatic heterocycles. The summed E-state index contributed by atoms with van der Waals surface area (Å²) in [5, 5.41) is 19.0. The molecule has 0 aliphatic heterocycles. The summed E-state index contributed by atoms with van der Waals surface area (Å²) in [6, 6.07) is 7.94. The maximum Gasteiger partial charge on any atom is 0.264 e. The van der Waals surface area contributed by atoms with Crippen LogP contribution in [-0.4, -0.2) is 32.0 Å². The summed E-state index contributed by atoms with van der Waals surface area (Å²) in [6.07, 6.45) is 2.00. The molecule has 1 amide bonds. The Morgan fingerprint density at radius 3 is 2.53 bits per heavy atom. The fourth-order valence-corrected chi connectivity index (χ4v) is 3.73. The number of nitrogens with zero attached hydrogens (tertiary/aromatic N) is 2. The number of fused-ring (bicyclic) bond motifs is 1. The van der Waals surface area contributed by atoms with Crippen LogP contribution >= 0.6 is 0 Å². The van der Waals surface area contributed by atoms with Crippen LogP contribution in [0.1, 0.15) is 39.9 Å². The van der Waals surface area contributed by atoms with Gasteiger partial charge in [0, 0.05) is 24.7 Å². The molecule has 1 saturated carbocycles. The summed E-state index contributed by atoms with van der Waals surface area (Å²) >= 11 is 0. The maximum atomic E-state index is 13.2. The number of amides is 1. The van der Waals surface area contributed by atoms with Crippen molar-refractivity contribution in [3.63, 3.8) is 0 Å². The van der Waals surface area contributed by atoms with Gasteiger partial charge in [-0.3, -0.25) is 14.6 Å². The van der Waals surface area contributed by atoms with E-state index in [1.165, 1.54) is 16.7 Å². The van der Waals surface area contributed by atoms with Gasteiger partial charge in [-0.1, -0.05) is 12.1 Å². The van der Waals surface area contributed by atoms with Crippen molar-refractivity contribution < 1.29 is 19.4 Å². The van der Waals surface area contributed by atoms with E-state index >= 15 is 0 Å². The molecule has 4 N–H and O–H groups in total. The van der Waals surface area contributed by atoms with Gasteiger partial charge >= 0.3 is 0 Å². The van der Waals surface area contributed by atoms with E-state index < -0.39 is 17.8 Å². The topological polar surface area (TPSA) is 118 Å². The van der Waals surface area contributed by atoms with Crippen molar-refractivity contribution in [2.75, 3.05) is 0 Å². The Bertz CT molecular complexity index is 1170. The van der Waals surface area contributed by atoms with Gasteiger partial charge in [-0.15, -0.1) is 0 Å². The lowest BCUT2D eigenvalue weighted by Gasteiger charge is -2.17. The quantitative estimate of drug-likeness (QED) is 0.509. The minimum atomic E-state index is -1.76. The van der Waals surface area contributed by atoms with E-state index in [0.29, 0.717) is 29.9 Å². The van der Waals surface area contributed by atoms with Crippen molar-refractivity contribution in [1.29, 1.82) is 0 Å². The zero-order chi connectivity index (χ0) is 21.4. The van der Waals surface area contributed by atoms with Crippen LogP contribution in [0.2, 0.25) is 0 Å². The predicted octanol–water partition coefficient (Wildman–Crippen LogP) is 1.49. The lowest BCUT2D eigenvalue weighted by molar-refractivity contribution is -0.0380. The molecule has 4 rings (SSSR count). The molecular formula is C22H22FN3O4. The third kappa shape index (κ3) is 4.10. The largest absolute Gasteiger partial charge is 0.368 e. The zero-order valence-corrected chi connectivity index (χ0v) is 16.2. The average Bonchev–Trinajstić information content (AvgIpc) is 3.50. The highest BCUT2D eigenvalue weighted by atomic mass is 19.1. The number of halogens is 1. The van der Waals surface area contributed by atoms with Gasteiger partial charge in [-0.05, 0) is 54.5 Å². The first kappa shape index (κ1) is 20.2. The third-order valence-corrected chi connectivity index (χ3v) is 5.35. The Hall–Kier alpha value is -3.10. The van der Waals surface area contributed by atoms with Crippen molar-refractivity contribution >= 4 is 16.9 Å². The van der Waals surface area contributed by atoms with Crippen LogP contribution in [-0.2, 0) is 19.4 Å². The first-order chi connectivity index (χ1) is 14.3. The lowest BCUT2D eigenvalue weighted by atomic mass is 10.0. The van der Waals surface area contributed by atoms with Gasteiger partial charge in [0.2, 0.25) is 0 Å². The fourth-order valence-electron chi connectivity index (χ4n) is 3.73. The number of hydrogen-bond donors (Lipinski definition) is 3. The first-order valence-corrected chi connectivity index (χ1v) is 9.78. The van der Waals surface area contributed by atoms with Crippen LogP contribution < -0.4 is 11.3 Å². The van der Waals surface area contributed by atoms with E-state index in [1.54, 1.807) is 18.3 Å². The van der Waals surface area contributed by atoms with Gasteiger partial charge in [0.15, 0.2) is 6.29 Å². The second-order valence-corrected chi connectivity index (χ2v) is 7.78. The molecule has 3 aromatic rings. The Morgan fingerprint density at radius 1 is 1.23 bits per heavy atom. The van der Waals surface area contributed by atoms with Gasteiger partial charge < -0.3 is 20.5 Å². The minimum absolute atomic E-state index is 0.137. The molecule has 0 atom stereocenters. The lowest BCUT2D eigenvalue weighted by Crippen LogP contribution is -2.33. The number of aliphatic hydroxyl groups excluding tert-OH is 1. The van der Waals surface area contributed by atoms with Crippen molar-refractivity contribution in [3.05, 3.63) is 75.0 Å². The third-order valence-electron chi connectivity index (χ3n) is 5.35. The second kappa shape index (κ2) is 7.97. The second-order valence-electron chi connectivity index (χ2n) is 7.78.